The van der Waals surface area contributed by atoms with E-state index in [4.69, 9.17) is 4.74 Å². The Kier molecular flexibility index (Phi) is 6.16. The van der Waals surface area contributed by atoms with Crippen molar-refractivity contribution in [1.29, 1.82) is 0 Å². The normalized spacial score (nSPS) is 10.2. The van der Waals surface area contributed by atoms with Crippen LogP contribution in [0.1, 0.15) is 19.3 Å². The number of methoxy groups -OCH3 is 1. The summed E-state index contributed by atoms with van der Waals surface area (Å²) in [6.07, 6.45) is 3.67. The first-order valence-electron chi connectivity index (χ1n) is 5.74. The summed E-state index contributed by atoms with van der Waals surface area (Å²) in [6.45, 7) is 1.08. The van der Waals surface area contributed by atoms with Crippen LogP contribution < -0.4 is 9.64 Å². The van der Waals surface area contributed by atoms with Crippen molar-refractivity contribution in [3.8, 4) is 5.75 Å². The van der Waals surface area contributed by atoms with Gasteiger partial charge in [-0.05, 0) is 30.7 Å². The van der Waals surface area contributed by atoms with Crippen LogP contribution in [0.2, 0.25) is 0 Å². The van der Waals surface area contributed by atoms with Crippen LogP contribution in [-0.2, 0) is 0 Å². The van der Waals surface area contributed by atoms with Crippen LogP contribution in [0.5, 0.6) is 5.75 Å². The Bertz CT molecular complexity index is 304. The summed E-state index contributed by atoms with van der Waals surface area (Å²) in [5.74, 6) is 1.91. The molecule has 90 valence electrons. The number of unbranched alkanes of at least 4 members (excludes halogenated alkanes) is 2. The van der Waals surface area contributed by atoms with Crippen LogP contribution in [0.25, 0.3) is 0 Å². The van der Waals surface area contributed by atoms with Crippen molar-refractivity contribution in [2.75, 3.05) is 31.4 Å². The van der Waals surface area contributed by atoms with E-state index in [0.717, 1.165) is 18.0 Å². The predicted octanol–water partition coefficient (Wildman–Crippen LogP) is 3.23. The Hall–Kier alpha value is -0.830. The van der Waals surface area contributed by atoms with Gasteiger partial charge in [-0.2, -0.15) is 12.6 Å². The van der Waals surface area contributed by atoms with E-state index in [1.807, 2.05) is 12.1 Å². The number of hydrogen-bond donors (Lipinski definition) is 1. The van der Waals surface area contributed by atoms with Crippen molar-refractivity contribution in [3.05, 3.63) is 24.3 Å². The third-order valence-electron chi connectivity index (χ3n) is 2.65. The third-order valence-corrected chi connectivity index (χ3v) is 2.96. The molecule has 16 heavy (non-hydrogen) atoms. The molecule has 0 spiro atoms. The van der Waals surface area contributed by atoms with Crippen molar-refractivity contribution in [1.82, 2.24) is 0 Å². The molecule has 1 aromatic rings. The van der Waals surface area contributed by atoms with E-state index >= 15 is 0 Å². The van der Waals surface area contributed by atoms with E-state index in [0.29, 0.717) is 0 Å². The number of benzene rings is 1. The maximum atomic E-state index is 5.21. The summed E-state index contributed by atoms with van der Waals surface area (Å²) in [5, 5.41) is 0. The molecule has 0 heterocycles. The lowest BCUT2D eigenvalue weighted by atomic mass is 10.2. The van der Waals surface area contributed by atoms with Gasteiger partial charge in [0.25, 0.3) is 0 Å². The van der Waals surface area contributed by atoms with Gasteiger partial charge in [0.15, 0.2) is 0 Å². The Morgan fingerprint density at radius 1 is 1.25 bits per heavy atom. The lowest BCUT2D eigenvalue weighted by molar-refractivity contribution is 0.415. The molecule has 0 N–H and O–H groups in total. The molecular formula is C13H21NOS. The van der Waals surface area contributed by atoms with Crippen LogP contribution >= 0.6 is 12.6 Å². The summed E-state index contributed by atoms with van der Waals surface area (Å²) >= 11 is 4.21. The standard InChI is InChI=1S/C13H21NOS/c1-14(9-4-3-5-10-16)12-7-6-8-13(11-12)15-2/h6-8,11,16H,3-5,9-10H2,1-2H3. The summed E-state index contributed by atoms with van der Waals surface area (Å²) in [4.78, 5) is 2.26. The van der Waals surface area contributed by atoms with Crippen molar-refractivity contribution < 1.29 is 4.74 Å². The SMILES string of the molecule is COc1cccc(N(C)CCCCCS)c1. The maximum Gasteiger partial charge on any atom is 0.120 e. The predicted molar refractivity (Wildman–Crippen MR) is 74.0 cm³/mol. The second-order valence-corrected chi connectivity index (χ2v) is 4.35. The molecule has 0 atom stereocenters. The van der Waals surface area contributed by atoms with E-state index < -0.39 is 0 Å². The molecule has 1 aromatic carbocycles. The topological polar surface area (TPSA) is 12.5 Å². The molecule has 3 heteroatoms. The minimum Gasteiger partial charge on any atom is -0.497 e. The number of anilines is 1. The van der Waals surface area contributed by atoms with Gasteiger partial charge in [0.05, 0.1) is 7.11 Å². The summed E-state index contributed by atoms with van der Waals surface area (Å²) in [5.41, 5.74) is 1.21. The number of hydrogen-bond acceptors (Lipinski definition) is 3. The van der Waals surface area contributed by atoms with Gasteiger partial charge in [-0.3, -0.25) is 0 Å². The number of nitrogens with zero attached hydrogens (tertiary/aromatic N) is 1. The van der Waals surface area contributed by atoms with E-state index in [1.54, 1.807) is 7.11 Å². The van der Waals surface area contributed by atoms with Gasteiger partial charge in [-0.1, -0.05) is 12.5 Å². The summed E-state index contributed by atoms with van der Waals surface area (Å²) in [6, 6.07) is 8.18. The van der Waals surface area contributed by atoms with E-state index in [2.05, 4.69) is 36.7 Å². The fourth-order valence-corrected chi connectivity index (χ4v) is 1.84. The molecule has 1 rings (SSSR count). The molecule has 0 aromatic heterocycles. The number of rotatable bonds is 7. The Morgan fingerprint density at radius 2 is 2.06 bits per heavy atom. The molecule has 0 aliphatic heterocycles. The molecular weight excluding hydrogens is 218 g/mol. The zero-order valence-electron chi connectivity index (χ0n) is 10.1. The minimum atomic E-state index is 0.916. The van der Waals surface area contributed by atoms with Crippen LogP contribution in [0, 0.1) is 0 Å². The molecule has 0 aliphatic rings. The van der Waals surface area contributed by atoms with Gasteiger partial charge < -0.3 is 9.64 Å². The second kappa shape index (κ2) is 7.44. The van der Waals surface area contributed by atoms with Crippen LogP contribution in [0.4, 0.5) is 5.69 Å². The molecule has 0 unspecified atom stereocenters. The largest absolute Gasteiger partial charge is 0.497 e. The van der Waals surface area contributed by atoms with Gasteiger partial charge in [0.1, 0.15) is 5.75 Å². The Balaban J connectivity index is 2.42. The highest BCUT2D eigenvalue weighted by Crippen LogP contribution is 2.20. The lowest BCUT2D eigenvalue weighted by Crippen LogP contribution is -2.18. The number of thiol groups is 1. The molecule has 0 amide bonds. The molecule has 0 aliphatic carbocycles. The molecule has 2 nitrogen and oxygen atoms in total. The summed E-state index contributed by atoms with van der Waals surface area (Å²) in [7, 11) is 3.82. The van der Waals surface area contributed by atoms with Crippen molar-refractivity contribution in [3.63, 3.8) is 0 Å². The second-order valence-electron chi connectivity index (χ2n) is 3.91. The smallest absolute Gasteiger partial charge is 0.120 e. The van der Waals surface area contributed by atoms with Crippen LogP contribution in [0.3, 0.4) is 0 Å². The highest BCUT2D eigenvalue weighted by molar-refractivity contribution is 7.80. The average molecular weight is 239 g/mol. The monoisotopic (exact) mass is 239 g/mol. The highest BCUT2D eigenvalue weighted by Gasteiger charge is 2.01. The van der Waals surface area contributed by atoms with Crippen molar-refractivity contribution in [2.45, 2.75) is 19.3 Å². The molecule has 0 saturated heterocycles. The third kappa shape index (κ3) is 4.35. The molecule has 0 saturated carbocycles. The lowest BCUT2D eigenvalue weighted by Gasteiger charge is -2.19. The first-order valence-corrected chi connectivity index (χ1v) is 6.37. The van der Waals surface area contributed by atoms with Gasteiger partial charge in [-0.25, -0.2) is 0 Å². The molecule has 0 radical (unpaired) electrons. The first kappa shape index (κ1) is 13.2. The number of ether oxygens (including phenoxy) is 1. The zero-order valence-corrected chi connectivity index (χ0v) is 11.0. The van der Waals surface area contributed by atoms with Crippen LogP contribution in [0.15, 0.2) is 24.3 Å². The Morgan fingerprint density at radius 3 is 2.75 bits per heavy atom. The van der Waals surface area contributed by atoms with E-state index in [9.17, 15) is 0 Å². The average Bonchev–Trinajstić information content (AvgIpc) is 2.34. The van der Waals surface area contributed by atoms with Gasteiger partial charge in [-0.15, -0.1) is 0 Å². The van der Waals surface area contributed by atoms with Crippen LogP contribution in [-0.4, -0.2) is 26.5 Å². The van der Waals surface area contributed by atoms with Gasteiger partial charge >= 0.3 is 0 Å². The van der Waals surface area contributed by atoms with Crippen molar-refractivity contribution in [2.24, 2.45) is 0 Å². The zero-order chi connectivity index (χ0) is 11.8. The quantitative estimate of drug-likeness (QED) is 0.579. The van der Waals surface area contributed by atoms with Gasteiger partial charge in [0.2, 0.25) is 0 Å². The van der Waals surface area contributed by atoms with E-state index in [1.165, 1.54) is 24.9 Å². The molecule has 0 fully saturated rings. The fraction of sp³-hybridized carbons (Fsp3) is 0.538. The summed E-state index contributed by atoms with van der Waals surface area (Å²) < 4.78 is 5.21. The van der Waals surface area contributed by atoms with Gasteiger partial charge in [0, 0.05) is 25.3 Å². The van der Waals surface area contributed by atoms with Crippen molar-refractivity contribution >= 4 is 18.3 Å². The molecule has 0 bridgehead atoms. The maximum absolute atomic E-state index is 5.21. The fourth-order valence-electron chi connectivity index (χ4n) is 1.61. The highest BCUT2D eigenvalue weighted by atomic mass is 32.1. The minimum absolute atomic E-state index is 0.916. The first-order chi connectivity index (χ1) is 7.77. The Labute approximate surface area is 104 Å². The van der Waals surface area contributed by atoms with E-state index in [-0.39, 0.29) is 0 Å².